The SMILES string of the molecule is CCC1=C(C(=O)CCCc2ccc(N)cc2)C=NCI1Cc1ccc(F)cc1. The zero-order chi connectivity index (χ0) is 19.9. The number of allylic oxidation sites excluding steroid dienone is 2. The predicted molar refractivity (Wildman–Crippen MR) is 124 cm³/mol. The number of rotatable bonds is 8. The van der Waals surface area contributed by atoms with Gasteiger partial charge in [0.2, 0.25) is 0 Å². The number of nitrogens with two attached hydrogens (primary N) is 1. The van der Waals surface area contributed by atoms with Gasteiger partial charge in [0.05, 0.1) is 0 Å². The van der Waals surface area contributed by atoms with Gasteiger partial charge in [-0.15, -0.1) is 0 Å². The van der Waals surface area contributed by atoms with E-state index in [-0.39, 0.29) is 11.6 Å². The number of anilines is 1. The molecule has 2 aromatic carbocycles. The first kappa shape index (κ1) is 20.7. The number of aliphatic imine (C=N–C) groups is 1. The van der Waals surface area contributed by atoms with Crippen molar-refractivity contribution in [1.29, 1.82) is 0 Å². The van der Waals surface area contributed by atoms with Crippen molar-refractivity contribution >= 4 is 37.5 Å². The van der Waals surface area contributed by atoms with Crippen LogP contribution in [-0.4, -0.2) is 16.5 Å². The van der Waals surface area contributed by atoms with E-state index in [9.17, 15) is 9.18 Å². The second-order valence-corrected chi connectivity index (χ2v) is 12.2. The van der Waals surface area contributed by atoms with Gasteiger partial charge in [-0.3, -0.25) is 0 Å². The molecule has 2 N–H and O–H groups in total. The van der Waals surface area contributed by atoms with E-state index in [1.807, 2.05) is 36.4 Å². The van der Waals surface area contributed by atoms with Gasteiger partial charge in [-0.2, -0.15) is 0 Å². The molecular weight excluding hydrogens is 466 g/mol. The molecule has 0 aliphatic carbocycles. The molecule has 5 heteroatoms. The number of hydrogen-bond acceptors (Lipinski definition) is 3. The van der Waals surface area contributed by atoms with Crippen molar-refractivity contribution in [3.8, 4) is 0 Å². The monoisotopic (exact) mass is 492 g/mol. The Labute approximate surface area is 173 Å². The van der Waals surface area contributed by atoms with Crippen LogP contribution in [0.2, 0.25) is 0 Å². The molecule has 0 spiro atoms. The average Bonchev–Trinajstić information content (AvgIpc) is 2.71. The number of Topliss-reactive ketones (excluding diaryl/α,β-unsaturated/α-hetero) is 1. The number of benzene rings is 2. The number of ketones is 1. The molecule has 1 heterocycles. The summed E-state index contributed by atoms with van der Waals surface area (Å²) in [4.78, 5) is 17.4. The maximum absolute atomic E-state index is 13.2. The van der Waals surface area contributed by atoms with E-state index in [1.165, 1.54) is 21.3 Å². The van der Waals surface area contributed by atoms with E-state index >= 15 is 0 Å². The summed E-state index contributed by atoms with van der Waals surface area (Å²) in [5.74, 6) is -0.00501. The van der Waals surface area contributed by atoms with Gasteiger partial charge in [-0.05, 0) is 0 Å². The molecule has 0 saturated carbocycles. The Morgan fingerprint density at radius 2 is 1.79 bits per heavy atom. The number of halogens is 2. The number of hydrogen-bond donors (Lipinski definition) is 1. The molecule has 0 unspecified atom stereocenters. The molecule has 0 saturated heterocycles. The number of aryl methyl sites for hydroxylation is 1. The Morgan fingerprint density at radius 1 is 1.11 bits per heavy atom. The molecule has 0 aromatic heterocycles. The van der Waals surface area contributed by atoms with Gasteiger partial charge < -0.3 is 0 Å². The summed E-state index contributed by atoms with van der Waals surface area (Å²) in [6.07, 6.45) is 4.93. The van der Waals surface area contributed by atoms with Crippen LogP contribution < -0.4 is 5.73 Å². The molecule has 1 aliphatic heterocycles. The summed E-state index contributed by atoms with van der Waals surface area (Å²) >= 11 is -1.57. The van der Waals surface area contributed by atoms with Crippen molar-refractivity contribution in [3.05, 3.63) is 74.6 Å². The van der Waals surface area contributed by atoms with Crippen LogP contribution in [0.3, 0.4) is 0 Å². The summed E-state index contributed by atoms with van der Waals surface area (Å²) in [7, 11) is 0. The first-order chi connectivity index (χ1) is 13.6. The van der Waals surface area contributed by atoms with Crippen LogP contribution in [0.4, 0.5) is 10.1 Å². The second-order valence-electron chi connectivity index (χ2n) is 6.84. The van der Waals surface area contributed by atoms with E-state index < -0.39 is 19.8 Å². The predicted octanol–water partition coefficient (Wildman–Crippen LogP) is 5.71. The normalized spacial score (nSPS) is 15.1. The van der Waals surface area contributed by atoms with Crippen molar-refractivity contribution in [2.24, 2.45) is 4.99 Å². The third-order valence-electron chi connectivity index (χ3n) is 4.74. The van der Waals surface area contributed by atoms with Crippen molar-refractivity contribution in [2.45, 2.75) is 37.0 Å². The third kappa shape index (κ3) is 5.50. The summed E-state index contributed by atoms with van der Waals surface area (Å²) in [5.41, 5.74) is 9.67. The van der Waals surface area contributed by atoms with Crippen LogP contribution in [0, 0.1) is 5.82 Å². The zero-order valence-electron chi connectivity index (χ0n) is 16.1. The van der Waals surface area contributed by atoms with Gasteiger partial charge in [0.1, 0.15) is 0 Å². The van der Waals surface area contributed by atoms with E-state index in [0.717, 1.165) is 45.1 Å². The van der Waals surface area contributed by atoms with E-state index in [0.29, 0.717) is 6.42 Å². The quantitative estimate of drug-likeness (QED) is 0.222. The Kier molecular flexibility index (Phi) is 7.36. The fraction of sp³-hybridized carbons (Fsp3) is 0.304. The van der Waals surface area contributed by atoms with Crippen LogP contribution in [0.25, 0.3) is 0 Å². The van der Waals surface area contributed by atoms with E-state index in [4.69, 9.17) is 5.73 Å². The first-order valence-electron chi connectivity index (χ1n) is 9.53. The van der Waals surface area contributed by atoms with Crippen molar-refractivity contribution in [3.63, 3.8) is 0 Å². The number of nitrogen functional groups attached to an aromatic ring is 1. The van der Waals surface area contributed by atoms with E-state index in [2.05, 4.69) is 11.9 Å². The standard InChI is InChI=1S/C23H26FIN2O/c1-2-22-21(23(28)5-3-4-17-8-12-20(26)13-9-17)15-27-16-25(22)14-18-6-10-19(24)11-7-18/h6-13,15H,2-5,14,16,26H2,1H3. The summed E-state index contributed by atoms with van der Waals surface area (Å²) in [6.45, 7) is 2.13. The molecule has 28 heavy (non-hydrogen) atoms. The molecule has 0 radical (unpaired) electrons. The number of alkyl halides is 2. The number of carbonyl (C=O) groups excluding carboxylic acids is 1. The van der Waals surface area contributed by atoms with Gasteiger partial charge >= 0.3 is 174 Å². The minimum atomic E-state index is -1.57. The molecule has 0 amide bonds. The Morgan fingerprint density at radius 3 is 2.46 bits per heavy atom. The molecule has 148 valence electrons. The average molecular weight is 492 g/mol. The van der Waals surface area contributed by atoms with Crippen LogP contribution in [0.5, 0.6) is 0 Å². The first-order valence-corrected chi connectivity index (χ1v) is 13.7. The van der Waals surface area contributed by atoms with Gasteiger partial charge in [0.25, 0.3) is 0 Å². The topological polar surface area (TPSA) is 55.5 Å². The Hall–Kier alpha value is -2.02. The summed E-state index contributed by atoms with van der Waals surface area (Å²) in [6, 6.07) is 14.6. The number of carbonyl (C=O) groups is 1. The molecule has 3 nitrogen and oxygen atoms in total. The van der Waals surface area contributed by atoms with Crippen molar-refractivity contribution in [2.75, 3.05) is 10.3 Å². The molecule has 2 aromatic rings. The van der Waals surface area contributed by atoms with Crippen LogP contribution >= 0.6 is 19.8 Å². The van der Waals surface area contributed by atoms with Gasteiger partial charge in [-0.1, -0.05) is 0 Å². The molecule has 1 aliphatic rings. The van der Waals surface area contributed by atoms with Gasteiger partial charge in [-0.25, -0.2) is 0 Å². The maximum atomic E-state index is 13.2. The molecule has 3 rings (SSSR count). The van der Waals surface area contributed by atoms with Crippen molar-refractivity contribution < 1.29 is 9.18 Å². The Balaban J connectivity index is 1.64. The van der Waals surface area contributed by atoms with E-state index in [1.54, 1.807) is 6.21 Å². The Bertz CT molecular complexity index is 872. The van der Waals surface area contributed by atoms with Crippen LogP contribution in [0.15, 0.2) is 62.7 Å². The van der Waals surface area contributed by atoms with Crippen LogP contribution in [0.1, 0.15) is 37.3 Å². The fourth-order valence-corrected chi connectivity index (χ4v) is 8.95. The molecule has 0 bridgehead atoms. The summed E-state index contributed by atoms with van der Waals surface area (Å²) < 4.78 is 16.3. The van der Waals surface area contributed by atoms with Crippen molar-refractivity contribution in [1.82, 2.24) is 0 Å². The third-order valence-corrected chi connectivity index (χ3v) is 10.9. The van der Waals surface area contributed by atoms with Gasteiger partial charge in [0, 0.05) is 0 Å². The second kappa shape index (κ2) is 9.96. The minimum absolute atomic E-state index is 0.206. The van der Waals surface area contributed by atoms with Crippen LogP contribution in [-0.2, 0) is 15.6 Å². The molecule has 0 atom stereocenters. The number of nitrogens with zero attached hydrogens (tertiary/aromatic N) is 1. The molecular formula is C23H26FIN2O. The summed E-state index contributed by atoms with van der Waals surface area (Å²) in [5, 5.41) is 0. The van der Waals surface area contributed by atoms with Gasteiger partial charge in [0.15, 0.2) is 0 Å². The molecule has 0 fully saturated rings. The fourth-order valence-electron chi connectivity index (χ4n) is 3.25. The zero-order valence-corrected chi connectivity index (χ0v) is 18.3.